The molecule has 1 aromatic carbocycles. The molecule has 146 valence electrons. The van der Waals surface area contributed by atoms with Gasteiger partial charge in [0.25, 0.3) is 0 Å². The minimum absolute atomic E-state index is 0.240. The van der Waals surface area contributed by atoms with Crippen LogP contribution in [0.5, 0.6) is 0 Å². The molecule has 0 radical (unpaired) electrons. The largest absolute Gasteiger partial charge is 0.384 e. The van der Waals surface area contributed by atoms with E-state index >= 15 is 0 Å². The van der Waals surface area contributed by atoms with Gasteiger partial charge in [-0.25, -0.2) is 0 Å². The zero-order valence-corrected chi connectivity index (χ0v) is 16.4. The van der Waals surface area contributed by atoms with Crippen LogP contribution in [-0.4, -0.2) is 55.6 Å². The summed E-state index contributed by atoms with van der Waals surface area (Å²) in [6.07, 6.45) is 5.30. The van der Waals surface area contributed by atoms with Gasteiger partial charge in [-0.05, 0) is 68.3 Å². The number of benzene rings is 1. The molecule has 0 bridgehead atoms. The highest BCUT2D eigenvalue weighted by molar-refractivity contribution is 5.76. The molecule has 2 heterocycles. The van der Waals surface area contributed by atoms with E-state index in [1.807, 2.05) is 23.1 Å². The molecule has 0 aromatic heterocycles. The van der Waals surface area contributed by atoms with Crippen LogP contribution in [-0.2, 0) is 16.1 Å². The van der Waals surface area contributed by atoms with Crippen molar-refractivity contribution >= 4 is 5.91 Å². The molecule has 1 aromatic rings. The molecule has 27 heavy (non-hydrogen) atoms. The fraction of sp³-hybridized carbons (Fsp3) is 0.636. The van der Waals surface area contributed by atoms with Crippen LogP contribution in [0.25, 0.3) is 0 Å². The fourth-order valence-electron chi connectivity index (χ4n) is 4.55. The van der Waals surface area contributed by atoms with Crippen molar-refractivity contribution in [3.8, 4) is 6.07 Å². The molecule has 0 saturated carbocycles. The number of piperidine rings is 2. The second-order valence-electron chi connectivity index (χ2n) is 7.89. The van der Waals surface area contributed by atoms with E-state index in [1.165, 1.54) is 18.4 Å². The zero-order chi connectivity index (χ0) is 19.1. The minimum atomic E-state index is 0.240. The summed E-state index contributed by atoms with van der Waals surface area (Å²) in [6, 6.07) is 10.2. The Bertz CT molecular complexity index is 654. The van der Waals surface area contributed by atoms with Crippen molar-refractivity contribution in [1.29, 1.82) is 5.26 Å². The van der Waals surface area contributed by atoms with Crippen LogP contribution in [0.15, 0.2) is 24.3 Å². The second-order valence-corrected chi connectivity index (χ2v) is 7.89. The SMILES string of the molecule is COCCC(=O)N1CCC(C2CCN(Cc3cccc(C#N)c3)CC2)CC1. The number of ether oxygens (including phenoxy) is 1. The van der Waals surface area contributed by atoms with Gasteiger partial charge in [0.1, 0.15) is 0 Å². The fourth-order valence-corrected chi connectivity index (χ4v) is 4.55. The Morgan fingerprint density at radius 3 is 2.44 bits per heavy atom. The third kappa shape index (κ3) is 5.54. The van der Waals surface area contributed by atoms with E-state index in [0.717, 1.165) is 63.0 Å². The average Bonchev–Trinajstić information content (AvgIpc) is 2.73. The van der Waals surface area contributed by atoms with E-state index in [2.05, 4.69) is 17.0 Å². The van der Waals surface area contributed by atoms with E-state index in [4.69, 9.17) is 10.00 Å². The average molecular weight is 370 g/mol. The van der Waals surface area contributed by atoms with Crippen LogP contribution in [0, 0.1) is 23.2 Å². The van der Waals surface area contributed by atoms with Gasteiger partial charge in [-0.2, -0.15) is 5.26 Å². The lowest BCUT2D eigenvalue weighted by Gasteiger charge is -2.40. The summed E-state index contributed by atoms with van der Waals surface area (Å²) >= 11 is 0. The quantitative estimate of drug-likeness (QED) is 0.773. The monoisotopic (exact) mass is 369 g/mol. The second kappa shape index (κ2) is 9.87. The van der Waals surface area contributed by atoms with Crippen LogP contribution < -0.4 is 0 Å². The predicted molar refractivity (Wildman–Crippen MR) is 105 cm³/mol. The predicted octanol–water partition coefficient (Wildman–Crippen LogP) is 3.05. The number of hydrogen-bond donors (Lipinski definition) is 0. The van der Waals surface area contributed by atoms with Gasteiger partial charge in [0.05, 0.1) is 24.7 Å². The first-order chi connectivity index (χ1) is 13.2. The van der Waals surface area contributed by atoms with Crippen LogP contribution in [0.3, 0.4) is 0 Å². The van der Waals surface area contributed by atoms with Gasteiger partial charge in [-0.15, -0.1) is 0 Å². The number of methoxy groups -OCH3 is 1. The maximum absolute atomic E-state index is 12.1. The summed E-state index contributed by atoms with van der Waals surface area (Å²) in [7, 11) is 1.64. The zero-order valence-electron chi connectivity index (χ0n) is 16.4. The van der Waals surface area contributed by atoms with Gasteiger partial charge >= 0.3 is 0 Å². The van der Waals surface area contributed by atoms with E-state index in [9.17, 15) is 4.79 Å². The molecule has 2 aliphatic rings. The van der Waals surface area contributed by atoms with Gasteiger partial charge < -0.3 is 9.64 Å². The summed E-state index contributed by atoms with van der Waals surface area (Å²) in [5, 5.41) is 9.05. The smallest absolute Gasteiger partial charge is 0.224 e. The van der Waals surface area contributed by atoms with Gasteiger partial charge in [0.2, 0.25) is 5.91 Å². The Morgan fingerprint density at radius 2 is 1.81 bits per heavy atom. The third-order valence-corrected chi connectivity index (χ3v) is 6.17. The Kier molecular flexibility index (Phi) is 7.25. The normalized spacial score (nSPS) is 19.8. The standard InChI is InChI=1S/C22H31N3O2/c1-27-14-9-22(26)25-12-7-21(8-13-25)20-5-10-24(11-6-20)17-19-4-2-3-18(15-19)16-23/h2-4,15,20-21H,5-14,17H2,1H3. The first kappa shape index (κ1) is 19.9. The summed E-state index contributed by atoms with van der Waals surface area (Å²) in [6.45, 7) is 5.55. The van der Waals surface area contributed by atoms with Crippen molar-refractivity contribution in [2.24, 2.45) is 11.8 Å². The molecule has 0 N–H and O–H groups in total. The number of hydrogen-bond acceptors (Lipinski definition) is 4. The minimum Gasteiger partial charge on any atom is -0.384 e. The molecule has 0 aliphatic carbocycles. The lowest BCUT2D eigenvalue weighted by atomic mass is 9.78. The summed E-state index contributed by atoms with van der Waals surface area (Å²) in [4.78, 5) is 16.7. The topological polar surface area (TPSA) is 56.6 Å². The number of carbonyl (C=O) groups is 1. The van der Waals surface area contributed by atoms with E-state index in [-0.39, 0.29) is 5.91 Å². The molecule has 1 amide bonds. The molecule has 0 atom stereocenters. The maximum Gasteiger partial charge on any atom is 0.224 e. The Morgan fingerprint density at radius 1 is 1.15 bits per heavy atom. The first-order valence-electron chi connectivity index (χ1n) is 10.2. The molecule has 0 unspecified atom stereocenters. The number of nitrogens with zero attached hydrogens (tertiary/aromatic N) is 3. The molecule has 2 aliphatic heterocycles. The molecule has 5 nitrogen and oxygen atoms in total. The van der Waals surface area contributed by atoms with Gasteiger partial charge in [0, 0.05) is 26.7 Å². The van der Waals surface area contributed by atoms with E-state index in [1.54, 1.807) is 7.11 Å². The summed E-state index contributed by atoms with van der Waals surface area (Å²) < 4.78 is 5.02. The van der Waals surface area contributed by atoms with Gasteiger partial charge in [0.15, 0.2) is 0 Å². The summed E-state index contributed by atoms with van der Waals surface area (Å²) in [5.41, 5.74) is 1.98. The number of nitriles is 1. The number of rotatable bonds is 6. The lowest BCUT2D eigenvalue weighted by molar-refractivity contribution is -0.133. The van der Waals surface area contributed by atoms with E-state index < -0.39 is 0 Å². The van der Waals surface area contributed by atoms with Crippen molar-refractivity contribution in [1.82, 2.24) is 9.80 Å². The van der Waals surface area contributed by atoms with Crippen molar-refractivity contribution in [3.05, 3.63) is 35.4 Å². The molecule has 2 fully saturated rings. The van der Waals surface area contributed by atoms with Crippen LogP contribution in [0.2, 0.25) is 0 Å². The maximum atomic E-state index is 12.1. The van der Waals surface area contributed by atoms with Crippen molar-refractivity contribution in [2.75, 3.05) is 39.9 Å². The Hall–Kier alpha value is -1.90. The van der Waals surface area contributed by atoms with Crippen molar-refractivity contribution in [2.45, 2.75) is 38.6 Å². The van der Waals surface area contributed by atoms with Crippen LogP contribution in [0.4, 0.5) is 0 Å². The lowest BCUT2D eigenvalue weighted by Crippen LogP contribution is -2.42. The summed E-state index contributed by atoms with van der Waals surface area (Å²) in [5.74, 6) is 1.80. The molecule has 2 saturated heterocycles. The van der Waals surface area contributed by atoms with Gasteiger partial charge in [-0.3, -0.25) is 9.69 Å². The van der Waals surface area contributed by atoms with Gasteiger partial charge in [-0.1, -0.05) is 12.1 Å². The van der Waals surface area contributed by atoms with E-state index in [0.29, 0.717) is 13.0 Å². The molecular formula is C22H31N3O2. The highest BCUT2D eigenvalue weighted by Crippen LogP contribution is 2.33. The Balaban J connectivity index is 1.41. The first-order valence-corrected chi connectivity index (χ1v) is 10.2. The van der Waals surface area contributed by atoms with Crippen molar-refractivity contribution < 1.29 is 9.53 Å². The molecule has 5 heteroatoms. The van der Waals surface area contributed by atoms with Crippen molar-refractivity contribution in [3.63, 3.8) is 0 Å². The Labute approximate surface area is 162 Å². The van der Waals surface area contributed by atoms with Crippen LogP contribution >= 0.6 is 0 Å². The number of amides is 1. The molecule has 0 spiro atoms. The number of likely N-dealkylation sites (tertiary alicyclic amines) is 2. The molecular weight excluding hydrogens is 338 g/mol. The molecule has 3 rings (SSSR count). The highest BCUT2D eigenvalue weighted by atomic mass is 16.5. The van der Waals surface area contributed by atoms with Crippen LogP contribution in [0.1, 0.15) is 43.2 Å². The number of carbonyl (C=O) groups excluding carboxylic acids is 1. The third-order valence-electron chi connectivity index (χ3n) is 6.17. The highest BCUT2D eigenvalue weighted by Gasteiger charge is 2.30.